The van der Waals surface area contributed by atoms with Crippen LogP contribution < -0.4 is 4.74 Å². The highest BCUT2D eigenvalue weighted by Gasteiger charge is 2.47. The molecule has 2 bridgehead atoms. The molecule has 1 spiro atoms. The second kappa shape index (κ2) is 6.77. The van der Waals surface area contributed by atoms with Crippen LogP contribution in [0.3, 0.4) is 0 Å². The van der Waals surface area contributed by atoms with Crippen molar-refractivity contribution in [3.63, 3.8) is 0 Å². The average Bonchev–Trinajstić information content (AvgIpc) is 2.99. The van der Waals surface area contributed by atoms with Gasteiger partial charge in [0.25, 0.3) is 0 Å². The number of hydrogen-bond donors (Lipinski definition) is 1. The fourth-order valence-corrected chi connectivity index (χ4v) is 7.04. The Balaban J connectivity index is 1.68. The summed E-state index contributed by atoms with van der Waals surface area (Å²) < 4.78 is 5.56. The summed E-state index contributed by atoms with van der Waals surface area (Å²) in [6, 6.07) is 17.2. The molecule has 7 rings (SSSR count). The van der Waals surface area contributed by atoms with Gasteiger partial charge in [0.2, 0.25) is 0 Å². The van der Waals surface area contributed by atoms with E-state index < -0.39 is 0 Å². The van der Waals surface area contributed by atoms with Crippen molar-refractivity contribution in [2.75, 3.05) is 7.11 Å². The van der Waals surface area contributed by atoms with Gasteiger partial charge < -0.3 is 9.84 Å². The third kappa shape index (κ3) is 2.55. The van der Waals surface area contributed by atoms with Gasteiger partial charge in [-0.2, -0.15) is 0 Å². The lowest BCUT2D eigenvalue weighted by Gasteiger charge is -2.43. The summed E-state index contributed by atoms with van der Waals surface area (Å²) in [7, 11) is 1.72. The molecular formula is C28H30O2. The van der Waals surface area contributed by atoms with Crippen LogP contribution in [0.2, 0.25) is 0 Å². The number of fused-ring (bicyclic) bond motifs is 9. The van der Waals surface area contributed by atoms with Gasteiger partial charge in [-0.1, -0.05) is 62.8 Å². The lowest BCUT2D eigenvalue weighted by Crippen LogP contribution is -2.34. The highest BCUT2D eigenvalue weighted by Crippen LogP contribution is 2.60. The van der Waals surface area contributed by atoms with E-state index in [1.807, 2.05) is 12.1 Å². The minimum atomic E-state index is 0.0385. The number of methoxy groups -OCH3 is 1. The molecule has 0 aromatic heterocycles. The van der Waals surface area contributed by atoms with Crippen LogP contribution in [0.25, 0.3) is 21.9 Å². The number of phenols is 1. The number of rotatable bonds is 1. The first-order valence-electron chi connectivity index (χ1n) is 11.6. The second-order valence-corrected chi connectivity index (χ2v) is 9.86. The maximum absolute atomic E-state index is 11.1. The van der Waals surface area contributed by atoms with E-state index in [0.717, 1.165) is 28.4 Å². The van der Waals surface area contributed by atoms with E-state index in [-0.39, 0.29) is 5.41 Å². The van der Waals surface area contributed by atoms with Crippen molar-refractivity contribution in [2.24, 2.45) is 11.8 Å². The van der Waals surface area contributed by atoms with E-state index in [4.69, 9.17) is 4.74 Å². The predicted octanol–water partition coefficient (Wildman–Crippen LogP) is 7.20. The van der Waals surface area contributed by atoms with Gasteiger partial charge in [0.15, 0.2) is 0 Å². The SMILES string of the molecule is COc1ccc2c(O)cc3c(c2c1)-c1ccccc1C31CC2CCCC(CCC2)C1. The van der Waals surface area contributed by atoms with E-state index in [0.29, 0.717) is 5.75 Å². The highest BCUT2D eigenvalue weighted by atomic mass is 16.5. The fraction of sp³-hybridized carbons (Fsp3) is 0.429. The van der Waals surface area contributed by atoms with Gasteiger partial charge in [-0.05, 0) is 76.6 Å². The summed E-state index contributed by atoms with van der Waals surface area (Å²) in [6.07, 6.45) is 10.7. The average molecular weight is 399 g/mol. The molecule has 4 aliphatic rings. The zero-order chi connectivity index (χ0) is 20.3. The number of benzene rings is 3. The molecule has 2 heteroatoms. The van der Waals surface area contributed by atoms with Crippen molar-refractivity contribution in [3.05, 3.63) is 59.7 Å². The smallest absolute Gasteiger partial charge is 0.123 e. The van der Waals surface area contributed by atoms with Gasteiger partial charge in [-0.25, -0.2) is 0 Å². The van der Waals surface area contributed by atoms with E-state index in [2.05, 4.69) is 36.4 Å². The van der Waals surface area contributed by atoms with Crippen molar-refractivity contribution < 1.29 is 9.84 Å². The standard InChI is InChI=1S/C28H30O2/c1-30-20-12-13-21-23(14-20)27-22-10-2-3-11-24(22)28(25(27)15-26(21)29)16-18-6-4-7-19(17-28)9-5-8-18/h2-3,10-15,18-19,29H,4-9,16-17H2,1H3. The summed E-state index contributed by atoms with van der Waals surface area (Å²) in [6.45, 7) is 0. The maximum Gasteiger partial charge on any atom is 0.123 e. The fourth-order valence-electron chi connectivity index (χ4n) is 7.04. The van der Waals surface area contributed by atoms with E-state index in [1.54, 1.807) is 7.11 Å². The van der Waals surface area contributed by atoms with Crippen LogP contribution in [0.5, 0.6) is 11.5 Å². The first kappa shape index (κ1) is 18.3. The maximum atomic E-state index is 11.1. The van der Waals surface area contributed by atoms with Crippen molar-refractivity contribution >= 4 is 10.8 Å². The third-order valence-corrected chi connectivity index (χ3v) is 8.27. The third-order valence-electron chi connectivity index (χ3n) is 8.27. The van der Waals surface area contributed by atoms with Crippen molar-refractivity contribution in [1.82, 2.24) is 0 Å². The number of phenolic OH excluding ortho intramolecular Hbond substituents is 1. The molecule has 0 saturated heterocycles. The number of hydrogen-bond acceptors (Lipinski definition) is 2. The molecule has 3 aromatic rings. The topological polar surface area (TPSA) is 29.5 Å². The zero-order valence-corrected chi connectivity index (χ0v) is 17.8. The summed E-state index contributed by atoms with van der Waals surface area (Å²) in [5.41, 5.74) is 5.59. The molecule has 3 saturated carbocycles. The predicted molar refractivity (Wildman–Crippen MR) is 122 cm³/mol. The Labute approximate surface area is 178 Å². The van der Waals surface area contributed by atoms with Gasteiger partial charge in [-0.15, -0.1) is 0 Å². The van der Waals surface area contributed by atoms with E-state index in [1.165, 1.54) is 73.6 Å². The lowest BCUT2D eigenvalue weighted by atomic mass is 9.61. The summed E-state index contributed by atoms with van der Waals surface area (Å²) in [4.78, 5) is 0. The molecule has 0 unspecified atom stereocenters. The number of aromatic hydroxyl groups is 1. The van der Waals surface area contributed by atoms with Crippen LogP contribution in [0, 0.1) is 11.8 Å². The Morgan fingerprint density at radius 1 is 0.833 bits per heavy atom. The molecule has 4 aliphatic carbocycles. The molecule has 0 aliphatic heterocycles. The van der Waals surface area contributed by atoms with Crippen molar-refractivity contribution in [3.8, 4) is 22.6 Å². The Hall–Kier alpha value is -2.48. The van der Waals surface area contributed by atoms with Gasteiger partial charge in [0, 0.05) is 10.8 Å². The van der Waals surface area contributed by atoms with Crippen LogP contribution in [-0.4, -0.2) is 12.2 Å². The second-order valence-electron chi connectivity index (χ2n) is 9.86. The van der Waals surface area contributed by atoms with Crippen LogP contribution in [0.15, 0.2) is 48.5 Å². The normalized spacial score (nSPS) is 27.4. The Morgan fingerprint density at radius 3 is 2.23 bits per heavy atom. The van der Waals surface area contributed by atoms with Gasteiger partial charge >= 0.3 is 0 Å². The Bertz CT molecular complexity index is 1100. The summed E-state index contributed by atoms with van der Waals surface area (Å²) >= 11 is 0. The van der Waals surface area contributed by atoms with Gasteiger partial charge in [0.1, 0.15) is 11.5 Å². The molecule has 1 N–H and O–H groups in total. The van der Waals surface area contributed by atoms with Crippen LogP contribution in [0.4, 0.5) is 0 Å². The van der Waals surface area contributed by atoms with Crippen LogP contribution in [-0.2, 0) is 5.41 Å². The Kier molecular flexibility index (Phi) is 4.13. The number of ether oxygens (including phenoxy) is 1. The quantitative estimate of drug-likeness (QED) is 0.469. The van der Waals surface area contributed by atoms with E-state index in [9.17, 15) is 5.11 Å². The van der Waals surface area contributed by atoms with Crippen LogP contribution in [0.1, 0.15) is 62.5 Å². The van der Waals surface area contributed by atoms with Crippen molar-refractivity contribution in [2.45, 2.75) is 56.8 Å². The monoisotopic (exact) mass is 398 g/mol. The lowest BCUT2D eigenvalue weighted by molar-refractivity contribution is 0.187. The zero-order valence-electron chi connectivity index (χ0n) is 17.8. The summed E-state index contributed by atoms with van der Waals surface area (Å²) in [5, 5.41) is 13.1. The largest absolute Gasteiger partial charge is 0.507 e. The van der Waals surface area contributed by atoms with E-state index >= 15 is 0 Å². The van der Waals surface area contributed by atoms with Gasteiger partial charge in [0.05, 0.1) is 7.11 Å². The highest BCUT2D eigenvalue weighted by molar-refractivity contribution is 6.05. The molecular weight excluding hydrogens is 368 g/mol. The molecule has 0 atom stereocenters. The van der Waals surface area contributed by atoms with Gasteiger partial charge in [-0.3, -0.25) is 0 Å². The van der Waals surface area contributed by atoms with Crippen LogP contribution >= 0.6 is 0 Å². The minimum absolute atomic E-state index is 0.0385. The Morgan fingerprint density at radius 2 is 1.53 bits per heavy atom. The molecule has 3 aromatic carbocycles. The molecule has 0 amide bonds. The first-order chi connectivity index (χ1) is 14.7. The van der Waals surface area contributed by atoms with Crippen molar-refractivity contribution in [1.29, 1.82) is 0 Å². The first-order valence-corrected chi connectivity index (χ1v) is 11.6. The molecule has 3 fully saturated rings. The summed E-state index contributed by atoms with van der Waals surface area (Å²) in [5.74, 6) is 2.83. The molecule has 0 heterocycles. The molecule has 30 heavy (non-hydrogen) atoms. The minimum Gasteiger partial charge on any atom is -0.507 e. The molecule has 2 nitrogen and oxygen atoms in total. The molecule has 154 valence electrons. The molecule has 0 radical (unpaired) electrons.